The molecular weight excluding hydrogens is 300 g/mol. The van der Waals surface area contributed by atoms with Crippen molar-refractivity contribution >= 4 is 8.32 Å². The molecule has 0 saturated heterocycles. The summed E-state index contributed by atoms with van der Waals surface area (Å²) in [5.41, 5.74) is -0.154. The van der Waals surface area contributed by atoms with Crippen molar-refractivity contribution in [3.05, 3.63) is 0 Å². The van der Waals surface area contributed by atoms with Crippen LogP contribution in [0.5, 0.6) is 0 Å². The summed E-state index contributed by atoms with van der Waals surface area (Å²) in [6.07, 6.45) is 9.81. The molecular formula is C20H38O2Si. The summed E-state index contributed by atoms with van der Waals surface area (Å²) < 4.78 is 6.22. The highest BCUT2D eigenvalue weighted by atomic mass is 28.4. The molecule has 0 spiro atoms. The zero-order valence-corrected chi connectivity index (χ0v) is 18.2. The maximum Gasteiger partial charge on any atom is 0.193 e. The fourth-order valence-corrected chi connectivity index (χ4v) is 2.55. The molecule has 134 valence electrons. The number of hydrogen-bond donors (Lipinski definition) is 1. The molecule has 0 bridgehead atoms. The highest BCUT2D eigenvalue weighted by Gasteiger charge is 2.41. The molecule has 2 atom stereocenters. The van der Waals surface area contributed by atoms with Crippen molar-refractivity contribution in [1.82, 2.24) is 0 Å². The first-order valence-electron chi connectivity index (χ1n) is 8.18. The van der Waals surface area contributed by atoms with E-state index in [0.717, 1.165) is 0 Å². The molecule has 0 aliphatic carbocycles. The second kappa shape index (κ2) is 8.38. The Morgan fingerprint density at radius 2 is 1.22 bits per heavy atom. The highest BCUT2D eigenvalue weighted by molar-refractivity contribution is 6.74. The Hall–Kier alpha value is -0.743. The minimum absolute atomic E-state index is 0.0181. The zero-order valence-electron chi connectivity index (χ0n) is 17.2. The van der Waals surface area contributed by atoms with Crippen LogP contribution in [0.2, 0.25) is 18.1 Å². The predicted molar refractivity (Wildman–Crippen MR) is 105 cm³/mol. The zero-order chi connectivity index (χ0) is 19.3. The van der Waals surface area contributed by atoms with Gasteiger partial charge < -0.3 is 9.53 Å². The smallest absolute Gasteiger partial charge is 0.193 e. The van der Waals surface area contributed by atoms with Gasteiger partial charge in [-0.15, -0.1) is 12.8 Å². The molecule has 0 aliphatic rings. The topological polar surface area (TPSA) is 29.5 Å². The third kappa shape index (κ3) is 9.21. The van der Waals surface area contributed by atoms with E-state index >= 15 is 0 Å². The molecule has 0 aromatic rings. The van der Waals surface area contributed by atoms with Crippen LogP contribution in [0.3, 0.4) is 0 Å². The molecule has 0 saturated carbocycles. The van der Waals surface area contributed by atoms with Gasteiger partial charge in [0.1, 0.15) is 12.2 Å². The van der Waals surface area contributed by atoms with Gasteiger partial charge in [0.25, 0.3) is 0 Å². The maximum atomic E-state index is 8.96. The number of terminal acetylenes is 2. The second-order valence-electron chi connectivity index (χ2n) is 9.73. The first-order chi connectivity index (χ1) is 9.90. The van der Waals surface area contributed by atoms with Gasteiger partial charge in [-0.25, -0.2) is 0 Å². The van der Waals surface area contributed by atoms with E-state index in [1.807, 2.05) is 20.8 Å². The van der Waals surface area contributed by atoms with Gasteiger partial charge >= 0.3 is 0 Å². The molecule has 3 heteroatoms. The summed E-state index contributed by atoms with van der Waals surface area (Å²) in [6, 6.07) is 0. The number of rotatable bonds is 2. The van der Waals surface area contributed by atoms with E-state index in [1.165, 1.54) is 0 Å². The Kier molecular flexibility index (Phi) is 8.93. The first kappa shape index (κ1) is 24.5. The molecule has 0 amide bonds. The van der Waals surface area contributed by atoms with E-state index in [-0.39, 0.29) is 22.0 Å². The summed E-state index contributed by atoms with van der Waals surface area (Å²) >= 11 is 0. The lowest BCUT2D eigenvalue weighted by Crippen LogP contribution is -2.46. The molecule has 0 aromatic carbocycles. The van der Waals surface area contributed by atoms with Gasteiger partial charge in [-0.3, -0.25) is 0 Å². The fourth-order valence-electron chi connectivity index (χ4n) is 1.18. The molecule has 0 aliphatic heterocycles. The van der Waals surface area contributed by atoms with Crippen molar-refractivity contribution in [2.24, 2.45) is 10.8 Å². The van der Waals surface area contributed by atoms with Crippen LogP contribution in [0.25, 0.3) is 0 Å². The lowest BCUT2D eigenvalue weighted by molar-refractivity contribution is 0.114. The van der Waals surface area contributed by atoms with Crippen LogP contribution in [-0.4, -0.2) is 25.6 Å². The monoisotopic (exact) mass is 338 g/mol. The van der Waals surface area contributed by atoms with Gasteiger partial charge in [0.05, 0.1) is 0 Å². The normalized spacial score (nSPS) is 15.6. The fraction of sp³-hybridized carbons (Fsp3) is 0.800. The van der Waals surface area contributed by atoms with Gasteiger partial charge in [-0.1, -0.05) is 74.2 Å². The van der Waals surface area contributed by atoms with Crippen LogP contribution in [0.15, 0.2) is 0 Å². The van der Waals surface area contributed by atoms with Gasteiger partial charge in [0, 0.05) is 0 Å². The van der Waals surface area contributed by atoms with E-state index in [1.54, 1.807) is 0 Å². The third-order valence-electron chi connectivity index (χ3n) is 4.13. The summed E-state index contributed by atoms with van der Waals surface area (Å²) in [5, 5.41) is 9.17. The summed E-state index contributed by atoms with van der Waals surface area (Å²) in [5.74, 6) is 5.04. The molecule has 1 N–H and O–H groups in total. The van der Waals surface area contributed by atoms with Crippen LogP contribution < -0.4 is 0 Å². The van der Waals surface area contributed by atoms with Gasteiger partial charge in [-0.05, 0) is 29.0 Å². The van der Waals surface area contributed by atoms with Gasteiger partial charge in [0.15, 0.2) is 8.32 Å². The predicted octanol–water partition coefficient (Wildman–Crippen LogP) is 5.08. The Morgan fingerprint density at radius 3 is 1.35 bits per heavy atom. The number of aliphatic hydroxyl groups is 1. The van der Waals surface area contributed by atoms with E-state index in [0.29, 0.717) is 0 Å². The quantitative estimate of drug-likeness (QED) is 0.562. The largest absolute Gasteiger partial charge is 0.403 e. The lowest BCUT2D eigenvalue weighted by atomic mass is 9.90. The molecule has 0 aromatic heterocycles. The van der Waals surface area contributed by atoms with Crippen LogP contribution in [0, 0.1) is 35.5 Å². The Labute approximate surface area is 146 Å². The van der Waals surface area contributed by atoms with Gasteiger partial charge in [0.2, 0.25) is 0 Å². The molecule has 0 rings (SSSR count). The molecule has 23 heavy (non-hydrogen) atoms. The Morgan fingerprint density at radius 1 is 0.826 bits per heavy atom. The van der Waals surface area contributed by atoms with Gasteiger partial charge in [-0.2, -0.15) is 0 Å². The van der Waals surface area contributed by atoms with Crippen LogP contribution in [0.4, 0.5) is 0 Å². The molecule has 0 heterocycles. The van der Waals surface area contributed by atoms with Crippen molar-refractivity contribution in [3.8, 4) is 24.7 Å². The van der Waals surface area contributed by atoms with Crippen molar-refractivity contribution < 1.29 is 9.53 Å². The van der Waals surface area contributed by atoms with E-state index in [4.69, 9.17) is 22.4 Å². The molecule has 2 nitrogen and oxygen atoms in total. The van der Waals surface area contributed by atoms with Crippen LogP contribution >= 0.6 is 0 Å². The van der Waals surface area contributed by atoms with Crippen LogP contribution in [-0.2, 0) is 4.43 Å². The minimum atomic E-state index is -1.74. The average Bonchev–Trinajstić information content (AvgIpc) is 2.31. The minimum Gasteiger partial charge on any atom is -0.403 e. The first-order valence-corrected chi connectivity index (χ1v) is 11.1. The van der Waals surface area contributed by atoms with E-state index < -0.39 is 14.4 Å². The Balaban J connectivity index is 0. The van der Waals surface area contributed by atoms with E-state index in [2.05, 4.69) is 66.5 Å². The average molecular weight is 339 g/mol. The third-order valence-corrected chi connectivity index (χ3v) is 8.57. The Bertz CT molecular complexity index is 431. The number of hydrogen-bond acceptors (Lipinski definition) is 2. The van der Waals surface area contributed by atoms with Crippen molar-refractivity contribution in [3.63, 3.8) is 0 Å². The summed E-state index contributed by atoms with van der Waals surface area (Å²) in [6.45, 7) is 23.3. The molecule has 0 fully saturated rings. The summed E-state index contributed by atoms with van der Waals surface area (Å²) in [7, 11) is -1.74. The molecule has 2 unspecified atom stereocenters. The van der Waals surface area contributed by atoms with Crippen molar-refractivity contribution in [1.29, 1.82) is 0 Å². The number of aliphatic hydroxyl groups excluding tert-OH is 1. The standard InChI is InChI=1S/C13H26OSi.C7H12O/c1-10-11(12(2,3)4)14-15(8,9)13(5,6)7;1-5-6(8)7(2,3)4/h1,11H,2-9H3;1,6,8H,2-4H3. The highest BCUT2D eigenvalue weighted by Crippen LogP contribution is 2.39. The van der Waals surface area contributed by atoms with Crippen molar-refractivity contribution in [2.45, 2.75) is 92.7 Å². The molecule has 0 radical (unpaired) electrons. The van der Waals surface area contributed by atoms with Crippen LogP contribution in [0.1, 0.15) is 62.3 Å². The second-order valence-corrected chi connectivity index (χ2v) is 14.5. The van der Waals surface area contributed by atoms with E-state index in [9.17, 15) is 0 Å². The maximum absolute atomic E-state index is 8.96. The lowest BCUT2D eigenvalue weighted by Gasteiger charge is -2.41. The SMILES string of the molecule is C#CC(O)C(C)(C)C.C#CC(O[Si](C)(C)C(C)(C)C)C(C)(C)C. The van der Waals surface area contributed by atoms with Crippen molar-refractivity contribution in [2.75, 3.05) is 0 Å². The summed E-state index contributed by atoms with van der Waals surface area (Å²) in [4.78, 5) is 0.